The van der Waals surface area contributed by atoms with Crippen LogP contribution in [0.3, 0.4) is 0 Å². The molecule has 0 N–H and O–H groups in total. The lowest BCUT2D eigenvalue weighted by molar-refractivity contribution is 0.0578. The summed E-state index contributed by atoms with van der Waals surface area (Å²) >= 11 is 0. The monoisotopic (exact) mass is 186 g/mol. The highest BCUT2D eigenvalue weighted by atomic mass is 16.7. The molecule has 13 heavy (non-hydrogen) atoms. The molecule has 0 unspecified atom stereocenters. The van der Waals surface area contributed by atoms with E-state index in [9.17, 15) is 4.79 Å². The molecule has 76 valence electrons. The summed E-state index contributed by atoms with van der Waals surface area (Å²) in [7, 11) is 1.30. The zero-order chi connectivity index (χ0) is 10.1. The summed E-state index contributed by atoms with van der Waals surface area (Å²) in [5, 5.41) is 0. The van der Waals surface area contributed by atoms with Gasteiger partial charge in [-0.25, -0.2) is 4.79 Å². The van der Waals surface area contributed by atoms with Gasteiger partial charge in [-0.3, -0.25) is 0 Å². The number of allylic oxidation sites excluding steroid dienone is 1. The summed E-state index contributed by atoms with van der Waals surface area (Å²) in [6, 6.07) is 0. The van der Waals surface area contributed by atoms with Gasteiger partial charge in [-0.05, 0) is 19.4 Å². The fraction of sp³-hybridized carbons (Fsp3) is 0.700. The molecule has 0 aliphatic heterocycles. The van der Waals surface area contributed by atoms with E-state index in [1.165, 1.54) is 20.0 Å². The van der Waals surface area contributed by atoms with Crippen molar-refractivity contribution < 1.29 is 14.3 Å². The van der Waals surface area contributed by atoms with Gasteiger partial charge in [0, 0.05) is 0 Å². The number of ether oxygens (including phenoxy) is 2. The van der Waals surface area contributed by atoms with E-state index in [0.29, 0.717) is 0 Å². The first kappa shape index (κ1) is 12.0. The summed E-state index contributed by atoms with van der Waals surface area (Å²) in [6.07, 6.45) is 6.43. The first-order valence-electron chi connectivity index (χ1n) is 4.62. The maximum absolute atomic E-state index is 10.6. The predicted molar refractivity (Wildman–Crippen MR) is 51.6 cm³/mol. The molecular weight excluding hydrogens is 168 g/mol. The van der Waals surface area contributed by atoms with Crippen LogP contribution in [0.5, 0.6) is 0 Å². The number of carbonyl (C=O) groups is 1. The summed E-state index contributed by atoms with van der Waals surface area (Å²) in [4.78, 5) is 10.6. The third-order valence-electron chi connectivity index (χ3n) is 1.58. The number of hydrogen-bond donors (Lipinski definition) is 0. The fourth-order valence-corrected chi connectivity index (χ4v) is 0.849. The van der Waals surface area contributed by atoms with Crippen LogP contribution in [0.1, 0.15) is 33.1 Å². The molecule has 0 bridgehead atoms. The lowest BCUT2D eigenvalue weighted by atomic mass is 10.2. The topological polar surface area (TPSA) is 35.5 Å². The lowest BCUT2D eigenvalue weighted by Gasteiger charge is -2.06. The number of unbranched alkanes of at least 4 members (excludes halogenated alkanes) is 2. The fourth-order valence-electron chi connectivity index (χ4n) is 0.849. The molecule has 0 aromatic rings. The van der Waals surface area contributed by atoms with E-state index in [4.69, 9.17) is 4.74 Å². The van der Waals surface area contributed by atoms with Crippen LogP contribution in [-0.4, -0.2) is 19.4 Å². The quantitative estimate of drug-likeness (QED) is 0.376. The third-order valence-corrected chi connectivity index (χ3v) is 1.58. The Morgan fingerprint density at radius 3 is 2.77 bits per heavy atom. The highest BCUT2D eigenvalue weighted by Gasteiger charge is 2.04. The molecule has 0 aliphatic rings. The second-order valence-electron chi connectivity index (χ2n) is 2.85. The minimum absolute atomic E-state index is 0.204. The van der Waals surface area contributed by atoms with Crippen LogP contribution in [0.15, 0.2) is 12.2 Å². The van der Waals surface area contributed by atoms with E-state index < -0.39 is 6.16 Å². The van der Waals surface area contributed by atoms with E-state index in [1.807, 2.05) is 12.2 Å². The number of methoxy groups -OCH3 is 1. The molecule has 0 aromatic carbocycles. The van der Waals surface area contributed by atoms with Crippen molar-refractivity contribution >= 4 is 6.16 Å². The predicted octanol–water partition coefficient (Wildman–Crippen LogP) is 2.90. The number of hydrogen-bond acceptors (Lipinski definition) is 3. The molecule has 1 atom stereocenters. The molecule has 0 heterocycles. The SMILES string of the molecule is CCCC/C=C/[C@H](C)OC(=O)OC. The molecule has 0 aromatic heterocycles. The van der Waals surface area contributed by atoms with Crippen molar-refractivity contribution in [2.75, 3.05) is 7.11 Å². The Morgan fingerprint density at radius 1 is 1.54 bits per heavy atom. The average molecular weight is 186 g/mol. The Bertz CT molecular complexity index is 164. The zero-order valence-electron chi connectivity index (χ0n) is 8.58. The summed E-state index contributed by atoms with van der Waals surface area (Å²) < 4.78 is 9.19. The molecule has 0 amide bonds. The Morgan fingerprint density at radius 2 is 2.23 bits per heavy atom. The van der Waals surface area contributed by atoms with Gasteiger partial charge in [0.25, 0.3) is 0 Å². The summed E-state index contributed by atoms with van der Waals surface area (Å²) in [6.45, 7) is 3.95. The van der Waals surface area contributed by atoms with Crippen molar-refractivity contribution in [3.63, 3.8) is 0 Å². The van der Waals surface area contributed by atoms with Crippen LogP contribution in [0.2, 0.25) is 0 Å². The van der Waals surface area contributed by atoms with Crippen LogP contribution in [0.25, 0.3) is 0 Å². The minimum Gasteiger partial charge on any atom is -0.438 e. The van der Waals surface area contributed by atoms with Crippen LogP contribution < -0.4 is 0 Å². The van der Waals surface area contributed by atoms with Crippen LogP contribution in [0.4, 0.5) is 4.79 Å². The number of carbonyl (C=O) groups excluding carboxylic acids is 1. The highest BCUT2D eigenvalue weighted by Crippen LogP contribution is 1.99. The average Bonchev–Trinajstić information content (AvgIpc) is 2.12. The van der Waals surface area contributed by atoms with Crippen molar-refractivity contribution in [1.82, 2.24) is 0 Å². The number of rotatable bonds is 5. The van der Waals surface area contributed by atoms with Crippen molar-refractivity contribution in [3.05, 3.63) is 12.2 Å². The maximum atomic E-state index is 10.6. The molecule has 0 radical (unpaired) electrons. The molecule has 0 fully saturated rings. The maximum Gasteiger partial charge on any atom is 0.508 e. The Balaban J connectivity index is 3.54. The van der Waals surface area contributed by atoms with Crippen molar-refractivity contribution in [1.29, 1.82) is 0 Å². The molecule has 0 rings (SSSR count). The van der Waals surface area contributed by atoms with E-state index >= 15 is 0 Å². The molecule has 3 nitrogen and oxygen atoms in total. The van der Waals surface area contributed by atoms with Gasteiger partial charge in [0.1, 0.15) is 6.10 Å². The Hall–Kier alpha value is -0.990. The normalized spacial score (nSPS) is 12.8. The van der Waals surface area contributed by atoms with Crippen LogP contribution in [0, 0.1) is 0 Å². The molecule has 0 saturated carbocycles. The van der Waals surface area contributed by atoms with E-state index in [0.717, 1.165) is 6.42 Å². The van der Waals surface area contributed by atoms with Gasteiger partial charge in [0.2, 0.25) is 0 Å². The molecule has 3 heteroatoms. The zero-order valence-corrected chi connectivity index (χ0v) is 8.58. The Kier molecular flexibility index (Phi) is 7.07. The first-order chi connectivity index (χ1) is 6.20. The van der Waals surface area contributed by atoms with E-state index in [2.05, 4.69) is 11.7 Å². The van der Waals surface area contributed by atoms with Gasteiger partial charge in [0.05, 0.1) is 7.11 Å². The van der Waals surface area contributed by atoms with Gasteiger partial charge < -0.3 is 9.47 Å². The standard InChI is InChI=1S/C10H18O3/c1-4-5-6-7-8-9(2)13-10(11)12-3/h7-9H,4-6H2,1-3H3/b8-7+/t9-/m0/s1. The first-order valence-corrected chi connectivity index (χ1v) is 4.62. The largest absolute Gasteiger partial charge is 0.508 e. The minimum atomic E-state index is -0.632. The summed E-state index contributed by atoms with van der Waals surface area (Å²) in [5.41, 5.74) is 0. The van der Waals surface area contributed by atoms with Crippen LogP contribution in [-0.2, 0) is 9.47 Å². The highest BCUT2D eigenvalue weighted by molar-refractivity contribution is 5.59. The molecule has 0 aliphatic carbocycles. The van der Waals surface area contributed by atoms with Crippen molar-refractivity contribution in [2.45, 2.75) is 39.2 Å². The lowest BCUT2D eigenvalue weighted by Crippen LogP contribution is -2.12. The van der Waals surface area contributed by atoms with Gasteiger partial charge in [-0.15, -0.1) is 0 Å². The van der Waals surface area contributed by atoms with Crippen LogP contribution >= 0.6 is 0 Å². The smallest absolute Gasteiger partial charge is 0.438 e. The second kappa shape index (κ2) is 7.65. The van der Waals surface area contributed by atoms with Gasteiger partial charge >= 0.3 is 6.16 Å². The molecular formula is C10H18O3. The molecule has 0 saturated heterocycles. The van der Waals surface area contributed by atoms with E-state index in [-0.39, 0.29) is 6.10 Å². The van der Waals surface area contributed by atoms with Gasteiger partial charge in [-0.1, -0.05) is 25.8 Å². The van der Waals surface area contributed by atoms with Gasteiger partial charge in [0.15, 0.2) is 0 Å². The van der Waals surface area contributed by atoms with Crippen molar-refractivity contribution in [3.8, 4) is 0 Å². The van der Waals surface area contributed by atoms with Gasteiger partial charge in [-0.2, -0.15) is 0 Å². The second-order valence-corrected chi connectivity index (χ2v) is 2.85. The molecule has 0 spiro atoms. The summed E-state index contributed by atoms with van der Waals surface area (Å²) in [5.74, 6) is 0. The van der Waals surface area contributed by atoms with E-state index in [1.54, 1.807) is 6.92 Å². The van der Waals surface area contributed by atoms with Crippen molar-refractivity contribution in [2.24, 2.45) is 0 Å². The Labute approximate surface area is 79.7 Å². The third kappa shape index (κ3) is 7.37.